The van der Waals surface area contributed by atoms with Gasteiger partial charge in [0, 0.05) is 11.1 Å². The van der Waals surface area contributed by atoms with Gasteiger partial charge >= 0.3 is 7.60 Å². The van der Waals surface area contributed by atoms with Gasteiger partial charge in [0.2, 0.25) is 12.3 Å². The number of hydrogen-bond acceptors (Lipinski definition) is 9. The molecule has 62 heavy (non-hydrogen) atoms. The largest absolute Gasteiger partial charge is 0.350 e. The Balaban J connectivity index is 1.18. The fraction of sp³-hybridized carbons (Fsp3) is 0.312. The van der Waals surface area contributed by atoms with Crippen molar-refractivity contribution < 1.29 is 37.6 Å². The van der Waals surface area contributed by atoms with Crippen molar-refractivity contribution in [1.82, 2.24) is 26.0 Å². The highest BCUT2D eigenvalue weighted by atomic mass is 31.2. The first-order valence-corrected chi connectivity index (χ1v) is 22.6. The second kappa shape index (κ2) is 24.5. The van der Waals surface area contributed by atoms with Crippen LogP contribution >= 0.6 is 7.60 Å². The van der Waals surface area contributed by atoms with Crippen LogP contribution < -0.4 is 16.0 Å². The molecule has 0 saturated carbocycles. The fourth-order valence-corrected chi connectivity index (χ4v) is 8.09. The molecule has 3 N–H and O–H groups in total. The van der Waals surface area contributed by atoms with Crippen LogP contribution in [0.25, 0.3) is 11.3 Å². The van der Waals surface area contributed by atoms with Crippen LogP contribution in [0.2, 0.25) is 0 Å². The first kappa shape index (κ1) is 47.1. The van der Waals surface area contributed by atoms with Gasteiger partial charge in [-0.3, -0.25) is 28.6 Å². The summed E-state index contributed by atoms with van der Waals surface area (Å²) in [6, 6.07) is 37.7. The Morgan fingerprint density at radius 1 is 0.726 bits per heavy atom. The van der Waals surface area contributed by atoms with Crippen LogP contribution in [-0.2, 0) is 47.9 Å². The van der Waals surface area contributed by atoms with Crippen molar-refractivity contribution in [3.05, 3.63) is 161 Å². The van der Waals surface area contributed by atoms with E-state index in [1.165, 1.54) is 5.06 Å². The topological polar surface area (TPSA) is 165 Å². The van der Waals surface area contributed by atoms with Crippen LogP contribution in [0.15, 0.2) is 127 Å². The van der Waals surface area contributed by atoms with Gasteiger partial charge in [-0.05, 0) is 66.3 Å². The number of aromatic nitrogens is 1. The molecule has 4 amide bonds. The maximum absolute atomic E-state index is 13.9. The van der Waals surface area contributed by atoms with Crippen LogP contribution in [0, 0.1) is 12.8 Å². The first-order valence-electron chi connectivity index (χ1n) is 20.9. The summed E-state index contributed by atoms with van der Waals surface area (Å²) in [4.78, 5) is 63.0. The fourth-order valence-electron chi connectivity index (χ4n) is 6.80. The molecule has 0 unspecified atom stereocenters. The number of pyridine rings is 1. The first-order chi connectivity index (χ1) is 30.1. The lowest BCUT2D eigenvalue weighted by Crippen LogP contribution is -2.48. The number of carbonyl (C=O) groups is 4. The van der Waals surface area contributed by atoms with E-state index >= 15 is 0 Å². The smallest absolute Gasteiger partial charge is 0.340 e. The Hall–Kier alpha value is -5.98. The monoisotopic (exact) mass is 861 g/mol. The molecule has 5 rings (SSSR count). The predicted molar refractivity (Wildman–Crippen MR) is 238 cm³/mol. The average Bonchev–Trinajstić information content (AvgIpc) is 3.31. The molecule has 0 aliphatic rings. The second-order valence-corrected chi connectivity index (χ2v) is 16.8. The number of hydrogen-bond donors (Lipinski definition) is 3. The van der Waals surface area contributed by atoms with E-state index in [2.05, 4.69) is 27.9 Å². The Kier molecular flexibility index (Phi) is 18.6. The van der Waals surface area contributed by atoms with Crippen LogP contribution in [0.1, 0.15) is 89.1 Å². The third-order valence-corrected chi connectivity index (χ3v) is 11.8. The number of nitrogens with zero attached hydrogens (tertiary/aromatic N) is 2. The molecular formula is C48H56N5O8P. The van der Waals surface area contributed by atoms with Crippen molar-refractivity contribution in [3.8, 4) is 11.3 Å². The molecule has 0 aliphatic heterocycles. The van der Waals surface area contributed by atoms with Gasteiger partial charge in [-0.1, -0.05) is 136 Å². The van der Waals surface area contributed by atoms with Crippen molar-refractivity contribution in [1.29, 1.82) is 0 Å². The van der Waals surface area contributed by atoms with Gasteiger partial charge in [-0.2, -0.15) is 0 Å². The van der Waals surface area contributed by atoms with E-state index < -0.39 is 31.4 Å². The maximum Gasteiger partial charge on any atom is 0.350 e. The molecule has 13 nitrogen and oxygen atoms in total. The highest BCUT2D eigenvalue weighted by molar-refractivity contribution is 7.53. The number of unbranched alkanes of at least 4 members (excludes halogenated alkanes) is 2. The average molecular weight is 862 g/mol. The summed E-state index contributed by atoms with van der Waals surface area (Å²) in [5, 5.41) is 9.54. The molecule has 0 spiro atoms. The van der Waals surface area contributed by atoms with Crippen molar-refractivity contribution in [2.75, 3.05) is 13.0 Å². The van der Waals surface area contributed by atoms with E-state index in [4.69, 9.17) is 13.9 Å². The molecule has 0 bridgehead atoms. The zero-order valence-electron chi connectivity index (χ0n) is 35.5. The van der Waals surface area contributed by atoms with Gasteiger partial charge < -0.3 is 25.0 Å². The molecule has 0 saturated heterocycles. The normalized spacial score (nSPS) is 12.2. The summed E-state index contributed by atoms with van der Waals surface area (Å²) in [6.07, 6.45) is 4.00. The Morgan fingerprint density at radius 3 is 1.90 bits per heavy atom. The molecular weight excluding hydrogens is 806 g/mol. The molecule has 1 aromatic heterocycles. The third kappa shape index (κ3) is 14.3. The van der Waals surface area contributed by atoms with Crippen molar-refractivity contribution in [2.24, 2.45) is 5.92 Å². The van der Waals surface area contributed by atoms with Gasteiger partial charge in [0.25, 0.3) is 11.8 Å². The summed E-state index contributed by atoms with van der Waals surface area (Å²) >= 11 is 0. The van der Waals surface area contributed by atoms with E-state index in [-0.39, 0.29) is 44.4 Å². The highest BCUT2D eigenvalue weighted by Gasteiger charge is 2.32. The van der Waals surface area contributed by atoms with Gasteiger partial charge in [-0.15, -0.1) is 0 Å². The lowest BCUT2D eigenvalue weighted by Gasteiger charge is -2.32. The number of benzene rings is 4. The predicted octanol–water partition coefficient (Wildman–Crippen LogP) is 8.74. The van der Waals surface area contributed by atoms with Crippen LogP contribution in [0.5, 0.6) is 0 Å². The Labute approximate surface area is 364 Å². The zero-order valence-corrected chi connectivity index (χ0v) is 36.4. The molecule has 14 heteroatoms. The van der Waals surface area contributed by atoms with E-state index in [0.29, 0.717) is 41.6 Å². The van der Waals surface area contributed by atoms with Gasteiger partial charge in [0.1, 0.15) is 18.6 Å². The zero-order chi connectivity index (χ0) is 44.2. The van der Waals surface area contributed by atoms with Gasteiger partial charge in [0.15, 0.2) is 0 Å². The van der Waals surface area contributed by atoms with Crippen LogP contribution in [0.3, 0.4) is 0 Å². The molecule has 326 valence electrons. The lowest BCUT2D eigenvalue weighted by molar-refractivity contribution is -0.200. The quantitative estimate of drug-likeness (QED) is 0.0171. The second-order valence-electron chi connectivity index (χ2n) is 14.8. The van der Waals surface area contributed by atoms with Crippen molar-refractivity contribution >= 4 is 31.7 Å². The molecule has 1 heterocycles. The Bertz CT molecular complexity index is 2200. The summed E-state index contributed by atoms with van der Waals surface area (Å²) in [7, 11) is -3.78. The number of hydroxylamine groups is 2. The lowest BCUT2D eigenvalue weighted by atomic mass is 9.90. The van der Waals surface area contributed by atoms with Crippen LogP contribution in [0.4, 0.5) is 0 Å². The van der Waals surface area contributed by atoms with E-state index in [1.54, 1.807) is 43.3 Å². The highest BCUT2D eigenvalue weighted by Crippen LogP contribution is 2.48. The third-order valence-electron chi connectivity index (χ3n) is 10.2. The minimum absolute atomic E-state index is 0.0429. The number of nitrogens with one attached hydrogen (secondary N) is 3. The van der Waals surface area contributed by atoms with Gasteiger partial charge in [-0.25, -0.2) is 10.0 Å². The van der Waals surface area contributed by atoms with Gasteiger partial charge in [0.05, 0.1) is 37.5 Å². The summed E-state index contributed by atoms with van der Waals surface area (Å²) in [5.74, 6) is -1.82. The SMILES string of the molecule is CCCCC[C@@H](C(=O)NCNC(=O)c1cccc(-c2ccc(C(=O)NCP(=O)(OCc3ccccc3)OCc3ccccc3)c(C)c2)n1)[C@@H](CC)N(C=O)OCc1ccccc1. The Morgan fingerprint density at radius 2 is 1.34 bits per heavy atom. The number of rotatable bonds is 25. The number of amides is 4. The molecule has 4 aromatic carbocycles. The summed E-state index contributed by atoms with van der Waals surface area (Å²) in [5.41, 5.74) is 4.80. The number of carbonyl (C=O) groups excluding carboxylic acids is 4. The maximum atomic E-state index is 13.9. The molecule has 0 aliphatic carbocycles. The van der Waals surface area contributed by atoms with Crippen molar-refractivity contribution in [3.63, 3.8) is 0 Å². The molecule has 0 radical (unpaired) electrons. The summed E-state index contributed by atoms with van der Waals surface area (Å²) in [6.45, 7) is 5.88. The minimum atomic E-state index is -3.78. The summed E-state index contributed by atoms with van der Waals surface area (Å²) < 4.78 is 25.5. The standard InChI is InChI=1S/C48H56N5O8P/c1-4-6-10-24-42(45(5-2)53(35-54)59-30-37-18-11-7-12-19-37)47(56)49-33-50-48(57)44-26-17-25-43(52-44)40-27-28-41(36(3)29-40)46(55)51-34-62(58,60-31-38-20-13-8-14-21-38)61-32-39-22-15-9-16-23-39/h7-9,11-23,25-29,35,42,45H,4-6,10,24,30-34H2,1-3H3,(H,49,56)(H,50,57)(H,51,55)/t42-,45-/m1/s1. The van der Waals surface area contributed by atoms with E-state index in [0.717, 1.165) is 36.0 Å². The van der Waals surface area contributed by atoms with E-state index in [1.807, 2.05) is 97.9 Å². The van der Waals surface area contributed by atoms with E-state index in [9.17, 15) is 23.7 Å². The molecule has 5 aromatic rings. The minimum Gasteiger partial charge on any atom is -0.340 e. The molecule has 2 atom stereocenters. The molecule has 0 fully saturated rings. The van der Waals surface area contributed by atoms with Crippen LogP contribution in [-0.4, -0.2) is 53.2 Å². The van der Waals surface area contributed by atoms with Crippen molar-refractivity contribution in [2.45, 2.75) is 78.7 Å². The number of aryl methyl sites for hydroxylation is 1.